The van der Waals surface area contributed by atoms with Crippen molar-refractivity contribution in [2.75, 3.05) is 12.4 Å². The van der Waals surface area contributed by atoms with Crippen molar-refractivity contribution in [3.63, 3.8) is 0 Å². The summed E-state index contributed by atoms with van der Waals surface area (Å²) in [5.41, 5.74) is 1.72. The van der Waals surface area contributed by atoms with E-state index in [0.717, 1.165) is 4.47 Å². The van der Waals surface area contributed by atoms with Gasteiger partial charge in [0.1, 0.15) is 0 Å². The molecule has 82 valence electrons. The lowest BCUT2D eigenvalue weighted by Gasteiger charge is -1.98. The molecular formula is C11H8BrNO3. The summed E-state index contributed by atoms with van der Waals surface area (Å²) in [7, 11) is 1.27. The Labute approximate surface area is 100 Å². The second-order valence-electron chi connectivity index (χ2n) is 3.23. The Kier molecular flexibility index (Phi) is 2.78. The first kappa shape index (κ1) is 10.9. The maximum Gasteiger partial charge on any atom is 0.331 e. The maximum absolute atomic E-state index is 11.6. The number of rotatable bonds is 1. The van der Waals surface area contributed by atoms with E-state index in [1.807, 2.05) is 6.07 Å². The lowest BCUT2D eigenvalue weighted by Crippen LogP contribution is -2.06. The number of carbonyl (C=O) groups excluding carboxylic acids is 2. The maximum atomic E-state index is 11.6. The van der Waals surface area contributed by atoms with Gasteiger partial charge in [-0.15, -0.1) is 0 Å². The highest BCUT2D eigenvalue weighted by molar-refractivity contribution is 9.10. The standard InChI is InChI=1S/C11H8BrNO3/c1-16-10(14)5-8-7-4-6(12)2-3-9(7)13-11(8)15/h2-5H,1H3,(H,13,15)/b8-5-. The van der Waals surface area contributed by atoms with Crippen molar-refractivity contribution in [3.8, 4) is 0 Å². The smallest absolute Gasteiger partial charge is 0.331 e. The molecule has 0 fully saturated rings. The number of hydrogen-bond donors (Lipinski definition) is 1. The van der Waals surface area contributed by atoms with Crippen molar-refractivity contribution in [2.45, 2.75) is 0 Å². The van der Waals surface area contributed by atoms with E-state index in [-0.39, 0.29) is 5.91 Å². The molecule has 0 unspecified atom stereocenters. The van der Waals surface area contributed by atoms with Crippen LogP contribution in [0.1, 0.15) is 5.56 Å². The summed E-state index contributed by atoms with van der Waals surface area (Å²) in [6, 6.07) is 5.37. The molecule has 0 saturated carbocycles. The number of methoxy groups -OCH3 is 1. The summed E-state index contributed by atoms with van der Waals surface area (Å²) in [6.07, 6.45) is 1.19. The van der Waals surface area contributed by atoms with Crippen LogP contribution in [-0.4, -0.2) is 19.0 Å². The monoisotopic (exact) mass is 281 g/mol. The molecule has 16 heavy (non-hydrogen) atoms. The highest BCUT2D eigenvalue weighted by Gasteiger charge is 2.25. The molecule has 2 rings (SSSR count). The zero-order chi connectivity index (χ0) is 11.7. The van der Waals surface area contributed by atoms with E-state index in [2.05, 4.69) is 26.0 Å². The van der Waals surface area contributed by atoms with Crippen LogP contribution in [0.15, 0.2) is 28.7 Å². The molecule has 1 aromatic rings. The van der Waals surface area contributed by atoms with Gasteiger partial charge in [0.25, 0.3) is 5.91 Å². The van der Waals surface area contributed by atoms with Gasteiger partial charge in [0.15, 0.2) is 0 Å². The van der Waals surface area contributed by atoms with Crippen LogP contribution in [0, 0.1) is 0 Å². The molecule has 4 nitrogen and oxygen atoms in total. The van der Waals surface area contributed by atoms with Crippen molar-refractivity contribution in [2.24, 2.45) is 0 Å². The van der Waals surface area contributed by atoms with E-state index in [1.165, 1.54) is 13.2 Å². The third-order valence-electron chi connectivity index (χ3n) is 2.23. The molecule has 0 aliphatic carbocycles. The number of carbonyl (C=O) groups is 2. The molecule has 1 amide bonds. The van der Waals surface area contributed by atoms with Crippen LogP contribution in [-0.2, 0) is 14.3 Å². The van der Waals surface area contributed by atoms with Crippen molar-refractivity contribution in [1.82, 2.24) is 0 Å². The molecule has 0 radical (unpaired) electrons. The Morgan fingerprint density at radius 2 is 2.25 bits per heavy atom. The van der Waals surface area contributed by atoms with Crippen LogP contribution in [0.25, 0.3) is 5.57 Å². The fraction of sp³-hybridized carbons (Fsp3) is 0.0909. The first-order valence-electron chi connectivity index (χ1n) is 4.52. The average Bonchev–Trinajstić information content (AvgIpc) is 2.55. The first-order valence-corrected chi connectivity index (χ1v) is 5.32. The first-order chi connectivity index (χ1) is 7.61. The van der Waals surface area contributed by atoms with Gasteiger partial charge in [-0.2, -0.15) is 0 Å². The molecule has 0 aromatic heterocycles. The largest absolute Gasteiger partial charge is 0.466 e. The van der Waals surface area contributed by atoms with Gasteiger partial charge in [0.2, 0.25) is 0 Å². The summed E-state index contributed by atoms with van der Waals surface area (Å²) >= 11 is 3.31. The Balaban J connectivity index is 2.50. The minimum atomic E-state index is -0.544. The highest BCUT2D eigenvalue weighted by atomic mass is 79.9. The van der Waals surface area contributed by atoms with Gasteiger partial charge >= 0.3 is 5.97 Å². The van der Waals surface area contributed by atoms with Crippen LogP contribution < -0.4 is 5.32 Å². The van der Waals surface area contributed by atoms with Crippen molar-refractivity contribution >= 4 is 39.1 Å². The number of nitrogens with one attached hydrogen (secondary N) is 1. The molecule has 1 aliphatic rings. The van der Waals surface area contributed by atoms with E-state index < -0.39 is 5.97 Å². The van der Waals surface area contributed by atoms with Crippen LogP contribution in [0.2, 0.25) is 0 Å². The predicted molar refractivity (Wildman–Crippen MR) is 62.8 cm³/mol. The molecule has 1 aromatic carbocycles. The normalized spacial score (nSPS) is 15.9. The Bertz CT molecular complexity index is 508. The lowest BCUT2D eigenvalue weighted by atomic mass is 10.1. The zero-order valence-electron chi connectivity index (χ0n) is 8.41. The average molecular weight is 282 g/mol. The minimum Gasteiger partial charge on any atom is -0.466 e. The number of halogens is 1. The molecule has 1 N–H and O–H groups in total. The topological polar surface area (TPSA) is 55.4 Å². The Morgan fingerprint density at radius 1 is 1.50 bits per heavy atom. The summed E-state index contributed by atoms with van der Waals surface area (Å²) in [5, 5.41) is 2.67. The Hall–Kier alpha value is -1.62. The van der Waals surface area contributed by atoms with E-state index >= 15 is 0 Å². The minimum absolute atomic E-state index is 0.293. The van der Waals surface area contributed by atoms with Crippen LogP contribution in [0.4, 0.5) is 5.69 Å². The van der Waals surface area contributed by atoms with Gasteiger partial charge in [-0.1, -0.05) is 15.9 Å². The number of anilines is 1. The molecule has 0 atom stereocenters. The van der Waals surface area contributed by atoms with Gasteiger partial charge in [-0.05, 0) is 18.2 Å². The van der Waals surface area contributed by atoms with Gasteiger partial charge in [0.05, 0.1) is 12.7 Å². The van der Waals surface area contributed by atoms with E-state index in [1.54, 1.807) is 12.1 Å². The van der Waals surface area contributed by atoms with E-state index in [4.69, 9.17) is 0 Å². The summed E-state index contributed by atoms with van der Waals surface area (Å²) in [4.78, 5) is 22.7. The van der Waals surface area contributed by atoms with Crippen molar-refractivity contribution < 1.29 is 14.3 Å². The van der Waals surface area contributed by atoms with Gasteiger partial charge < -0.3 is 10.1 Å². The third-order valence-corrected chi connectivity index (χ3v) is 2.72. The number of benzene rings is 1. The number of amides is 1. The molecule has 0 bridgehead atoms. The molecule has 0 spiro atoms. The second-order valence-corrected chi connectivity index (χ2v) is 4.14. The van der Waals surface area contributed by atoms with Crippen LogP contribution >= 0.6 is 15.9 Å². The molecule has 5 heteroatoms. The molecule has 0 saturated heterocycles. The molecular weight excluding hydrogens is 274 g/mol. The molecule has 1 heterocycles. The number of esters is 1. The number of ether oxygens (including phenoxy) is 1. The van der Waals surface area contributed by atoms with Crippen molar-refractivity contribution in [3.05, 3.63) is 34.3 Å². The SMILES string of the molecule is COC(=O)/C=C1\C(=O)Nc2ccc(Br)cc21. The predicted octanol–water partition coefficient (Wildman–Crippen LogP) is 1.96. The lowest BCUT2D eigenvalue weighted by molar-refractivity contribution is -0.134. The fourth-order valence-electron chi connectivity index (χ4n) is 1.48. The van der Waals surface area contributed by atoms with Crippen LogP contribution in [0.5, 0.6) is 0 Å². The summed E-state index contributed by atoms with van der Waals surface area (Å²) in [5.74, 6) is -0.837. The van der Waals surface area contributed by atoms with Crippen molar-refractivity contribution in [1.29, 1.82) is 0 Å². The van der Waals surface area contributed by atoms with E-state index in [0.29, 0.717) is 16.8 Å². The number of fused-ring (bicyclic) bond motifs is 1. The highest BCUT2D eigenvalue weighted by Crippen LogP contribution is 2.33. The summed E-state index contributed by atoms with van der Waals surface area (Å²) < 4.78 is 5.34. The summed E-state index contributed by atoms with van der Waals surface area (Å²) in [6.45, 7) is 0. The third kappa shape index (κ3) is 1.86. The zero-order valence-corrected chi connectivity index (χ0v) is 10.00. The van der Waals surface area contributed by atoms with E-state index in [9.17, 15) is 9.59 Å². The fourth-order valence-corrected chi connectivity index (χ4v) is 1.84. The van der Waals surface area contributed by atoms with Crippen LogP contribution in [0.3, 0.4) is 0 Å². The quantitative estimate of drug-likeness (QED) is 0.632. The van der Waals surface area contributed by atoms with Gasteiger partial charge in [-0.3, -0.25) is 4.79 Å². The van der Waals surface area contributed by atoms with Gasteiger partial charge in [-0.25, -0.2) is 4.79 Å². The van der Waals surface area contributed by atoms with Gasteiger partial charge in [0, 0.05) is 21.8 Å². The number of hydrogen-bond acceptors (Lipinski definition) is 3. The second kappa shape index (κ2) is 4.09. The Morgan fingerprint density at radius 3 is 2.94 bits per heavy atom. The molecule has 1 aliphatic heterocycles.